The van der Waals surface area contributed by atoms with Gasteiger partial charge in [-0.2, -0.15) is 4.31 Å². The SMILES string of the molecule is CCN(CC)S(=O)(=O)c1ccc(F)c(C(=O)OC(C)C(=O)NC2CCCc3ccccc32)c1. The molecule has 2 unspecified atom stereocenters. The fourth-order valence-electron chi connectivity index (χ4n) is 4.00. The minimum atomic E-state index is -3.89. The Balaban J connectivity index is 1.73. The van der Waals surface area contributed by atoms with Crippen LogP contribution in [-0.2, 0) is 26.0 Å². The third-order valence-electron chi connectivity index (χ3n) is 5.84. The van der Waals surface area contributed by atoms with Crippen LogP contribution in [0.25, 0.3) is 0 Å². The van der Waals surface area contributed by atoms with Crippen molar-refractivity contribution in [1.29, 1.82) is 0 Å². The summed E-state index contributed by atoms with van der Waals surface area (Å²) >= 11 is 0. The summed E-state index contributed by atoms with van der Waals surface area (Å²) in [6.07, 6.45) is 1.45. The van der Waals surface area contributed by atoms with Crippen LogP contribution in [0.15, 0.2) is 47.4 Å². The van der Waals surface area contributed by atoms with E-state index >= 15 is 0 Å². The summed E-state index contributed by atoms with van der Waals surface area (Å²) in [5.74, 6) is -2.53. The van der Waals surface area contributed by atoms with Crippen LogP contribution in [0, 0.1) is 5.82 Å². The number of ether oxygens (including phenoxy) is 1. The van der Waals surface area contributed by atoms with Crippen molar-refractivity contribution in [3.8, 4) is 0 Å². The lowest BCUT2D eigenvalue weighted by Crippen LogP contribution is -2.39. The Morgan fingerprint density at radius 3 is 2.58 bits per heavy atom. The zero-order valence-corrected chi connectivity index (χ0v) is 19.8. The van der Waals surface area contributed by atoms with Gasteiger partial charge in [0.1, 0.15) is 5.82 Å². The quantitative estimate of drug-likeness (QED) is 0.588. The van der Waals surface area contributed by atoms with E-state index in [0.29, 0.717) is 0 Å². The Bertz CT molecular complexity index is 1130. The summed E-state index contributed by atoms with van der Waals surface area (Å²) < 4.78 is 46.2. The highest BCUT2D eigenvalue weighted by Gasteiger charge is 2.28. The first-order valence-corrected chi connectivity index (χ1v) is 12.5. The summed E-state index contributed by atoms with van der Waals surface area (Å²) in [6, 6.07) is 10.6. The normalized spacial score (nSPS) is 16.7. The molecular formula is C24H29FN2O5S. The highest BCUT2D eigenvalue weighted by atomic mass is 32.2. The maximum atomic E-state index is 14.4. The lowest BCUT2D eigenvalue weighted by atomic mass is 9.87. The van der Waals surface area contributed by atoms with Crippen LogP contribution in [0.4, 0.5) is 4.39 Å². The van der Waals surface area contributed by atoms with Crippen molar-refractivity contribution in [2.75, 3.05) is 13.1 Å². The number of carbonyl (C=O) groups is 2. The number of carbonyl (C=O) groups excluding carboxylic acids is 2. The van der Waals surface area contributed by atoms with Gasteiger partial charge in [0.05, 0.1) is 16.5 Å². The molecule has 178 valence electrons. The lowest BCUT2D eigenvalue weighted by molar-refractivity contribution is -0.130. The Hall–Kier alpha value is -2.78. The maximum Gasteiger partial charge on any atom is 0.341 e. The smallest absolute Gasteiger partial charge is 0.341 e. The molecule has 1 aliphatic carbocycles. The van der Waals surface area contributed by atoms with Gasteiger partial charge in [-0.05, 0) is 55.5 Å². The average Bonchev–Trinajstić information content (AvgIpc) is 2.80. The molecule has 2 aromatic carbocycles. The van der Waals surface area contributed by atoms with Crippen molar-refractivity contribution in [1.82, 2.24) is 9.62 Å². The zero-order valence-electron chi connectivity index (χ0n) is 19.0. The number of sulfonamides is 1. The monoisotopic (exact) mass is 476 g/mol. The van der Waals surface area contributed by atoms with E-state index in [0.717, 1.165) is 43.0 Å². The van der Waals surface area contributed by atoms with Gasteiger partial charge in [0.2, 0.25) is 10.0 Å². The highest BCUT2D eigenvalue weighted by molar-refractivity contribution is 7.89. The van der Waals surface area contributed by atoms with E-state index in [1.165, 1.54) is 16.8 Å². The van der Waals surface area contributed by atoms with E-state index in [1.807, 2.05) is 24.3 Å². The van der Waals surface area contributed by atoms with Crippen molar-refractivity contribution in [3.63, 3.8) is 0 Å². The molecule has 0 aliphatic heterocycles. The highest BCUT2D eigenvalue weighted by Crippen LogP contribution is 2.29. The molecule has 1 aliphatic rings. The summed E-state index contributed by atoms with van der Waals surface area (Å²) in [5.41, 5.74) is 1.67. The van der Waals surface area contributed by atoms with E-state index in [-0.39, 0.29) is 24.0 Å². The number of hydrogen-bond acceptors (Lipinski definition) is 5. The minimum absolute atomic E-state index is 0.192. The van der Waals surface area contributed by atoms with E-state index in [9.17, 15) is 22.4 Å². The van der Waals surface area contributed by atoms with E-state index in [1.54, 1.807) is 13.8 Å². The van der Waals surface area contributed by atoms with Gasteiger partial charge in [-0.3, -0.25) is 4.79 Å². The topological polar surface area (TPSA) is 92.8 Å². The van der Waals surface area contributed by atoms with Gasteiger partial charge < -0.3 is 10.1 Å². The molecule has 0 spiro atoms. The molecule has 0 heterocycles. The Morgan fingerprint density at radius 2 is 1.88 bits per heavy atom. The number of fused-ring (bicyclic) bond motifs is 1. The van der Waals surface area contributed by atoms with Crippen LogP contribution in [0.2, 0.25) is 0 Å². The molecule has 33 heavy (non-hydrogen) atoms. The molecule has 0 fully saturated rings. The summed E-state index contributed by atoms with van der Waals surface area (Å²) in [4.78, 5) is 25.1. The number of halogens is 1. The first kappa shape index (κ1) is 24.9. The minimum Gasteiger partial charge on any atom is -0.449 e. The van der Waals surface area contributed by atoms with Gasteiger partial charge in [-0.25, -0.2) is 17.6 Å². The number of nitrogens with zero attached hydrogens (tertiary/aromatic N) is 1. The lowest BCUT2D eigenvalue weighted by Gasteiger charge is -2.27. The van der Waals surface area contributed by atoms with Crippen molar-refractivity contribution in [2.45, 2.75) is 57.1 Å². The number of nitrogens with one attached hydrogen (secondary N) is 1. The number of rotatable bonds is 8. The van der Waals surface area contributed by atoms with E-state index in [2.05, 4.69) is 5.32 Å². The van der Waals surface area contributed by atoms with Gasteiger partial charge in [-0.1, -0.05) is 38.1 Å². The standard InChI is InChI=1S/C24H29FN2O5S/c1-4-27(5-2)33(30,31)18-13-14-21(25)20(15-18)24(29)32-16(3)23(28)26-22-12-8-10-17-9-6-7-11-19(17)22/h6-7,9,11,13-16,22H,4-5,8,10,12H2,1-3H3,(H,26,28). The summed E-state index contributed by atoms with van der Waals surface area (Å²) in [6.45, 7) is 5.24. The third-order valence-corrected chi connectivity index (χ3v) is 7.89. The Kier molecular flexibility index (Phi) is 7.86. The number of amides is 1. The Morgan fingerprint density at radius 1 is 1.18 bits per heavy atom. The molecule has 0 saturated carbocycles. The molecule has 0 radical (unpaired) electrons. The molecule has 0 aromatic heterocycles. The molecular weight excluding hydrogens is 447 g/mol. The molecule has 7 nitrogen and oxygen atoms in total. The first-order chi connectivity index (χ1) is 15.7. The number of esters is 1. The van der Waals surface area contributed by atoms with Crippen molar-refractivity contribution in [2.24, 2.45) is 0 Å². The van der Waals surface area contributed by atoms with Gasteiger partial charge in [0, 0.05) is 13.1 Å². The second-order valence-electron chi connectivity index (χ2n) is 7.93. The number of aryl methyl sites for hydroxylation is 1. The van der Waals surface area contributed by atoms with Crippen LogP contribution in [-0.4, -0.2) is 43.8 Å². The van der Waals surface area contributed by atoms with Gasteiger partial charge >= 0.3 is 5.97 Å². The van der Waals surface area contributed by atoms with Crippen LogP contribution in [0.5, 0.6) is 0 Å². The Labute approximate surface area is 194 Å². The van der Waals surface area contributed by atoms with Gasteiger partial charge in [-0.15, -0.1) is 0 Å². The molecule has 0 saturated heterocycles. The predicted molar refractivity (Wildman–Crippen MR) is 122 cm³/mol. The molecule has 1 N–H and O–H groups in total. The summed E-state index contributed by atoms with van der Waals surface area (Å²) in [5, 5.41) is 2.90. The zero-order chi connectivity index (χ0) is 24.2. The molecule has 2 atom stereocenters. The van der Waals surface area contributed by atoms with Crippen molar-refractivity contribution < 1.29 is 27.1 Å². The first-order valence-electron chi connectivity index (χ1n) is 11.1. The van der Waals surface area contributed by atoms with Gasteiger partial charge in [0.25, 0.3) is 5.91 Å². The summed E-state index contributed by atoms with van der Waals surface area (Å²) in [7, 11) is -3.89. The fraction of sp³-hybridized carbons (Fsp3) is 0.417. The molecule has 0 bridgehead atoms. The second-order valence-corrected chi connectivity index (χ2v) is 9.87. The van der Waals surface area contributed by atoms with Crippen molar-refractivity contribution in [3.05, 3.63) is 65.0 Å². The molecule has 1 amide bonds. The molecule has 2 aromatic rings. The largest absolute Gasteiger partial charge is 0.449 e. The second kappa shape index (κ2) is 10.4. The van der Waals surface area contributed by atoms with E-state index in [4.69, 9.17) is 4.74 Å². The van der Waals surface area contributed by atoms with Crippen LogP contribution >= 0.6 is 0 Å². The molecule has 9 heteroatoms. The fourth-order valence-corrected chi connectivity index (χ4v) is 5.49. The number of benzene rings is 2. The van der Waals surface area contributed by atoms with Gasteiger partial charge in [0.15, 0.2) is 6.10 Å². The van der Waals surface area contributed by atoms with Crippen LogP contribution < -0.4 is 5.32 Å². The molecule has 3 rings (SSSR count). The van der Waals surface area contributed by atoms with E-state index < -0.39 is 39.4 Å². The van der Waals surface area contributed by atoms with Crippen molar-refractivity contribution >= 4 is 21.9 Å². The number of hydrogen-bond donors (Lipinski definition) is 1. The predicted octanol–water partition coefficient (Wildman–Crippen LogP) is 3.60. The average molecular weight is 477 g/mol. The van der Waals surface area contributed by atoms with Crippen LogP contribution in [0.1, 0.15) is 61.1 Å². The third kappa shape index (κ3) is 5.42. The van der Waals surface area contributed by atoms with Crippen LogP contribution in [0.3, 0.4) is 0 Å². The maximum absolute atomic E-state index is 14.4.